The second-order valence-electron chi connectivity index (χ2n) is 8.68. The van der Waals surface area contributed by atoms with Gasteiger partial charge in [-0.2, -0.15) is 5.10 Å². The first-order valence-corrected chi connectivity index (χ1v) is 11.6. The van der Waals surface area contributed by atoms with Crippen LogP contribution in [0, 0.1) is 11.6 Å². The number of hydrogen-bond acceptors (Lipinski definition) is 5. The summed E-state index contributed by atoms with van der Waals surface area (Å²) >= 11 is 0. The molecule has 1 saturated heterocycles. The van der Waals surface area contributed by atoms with Crippen LogP contribution in [0.15, 0.2) is 73.3 Å². The van der Waals surface area contributed by atoms with Crippen LogP contribution >= 0.6 is 0 Å². The lowest BCUT2D eigenvalue weighted by molar-refractivity contribution is 0.0715. The average Bonchev–Trinajstić information content (AvgIpc) is 3.63. The highest BCUT2D eigenvalue weighted by Gasteiger charge is 2.34. The maximum Gasteiger partial charge on any atom is 0.273 e. The molecule has 1 fully saturated rings. The zero-order valence-electron chi connectivity index (χ0n) is 19.1. The van der Waals surface area contributed by atoms with E-state index in [4.69, 9.17) is 0 Å². The Morgan fingerprint density at radius 1 is 0.972 bits per heavy atom. The Bertz CT molecular complexity index is 1550. The SMILES string of the molecule is O=C(c1c(-c2ccccn2)nc2ccc(F)cn12)N1CCC[C@H]1Cn1ccc(-c2ccc(F)cn2)n1. The molecular formula is C26H21F2N7O. The van der Waals surface area contributed by atoms with E-state index in [9.17, 15) is 13.6 Å². The monoisotopic (exact) mass is 485 g/mol. The lowest BCUT2D eigenvalue weighted by atomic mass is 10.2. The Kier molecular flexibility index (Phi) is 5.48. The number of rotatable bonds is 5. The third-order valence-corrected chi connectivity index (χ3v) is 6.36. The van der Waals surface area contributed by atoms with Crippen LogP contribution in [-0.2, 0) is 6.54 Å². The van der Waals surface area contributed by atoms with Gasteiger partial charge in [0.15, 0.2) is 0 Å². The summed E-state index contributed by atoms with van der Waals surface area (Å²) in [7, 11) is 0. The quantitative estimate of drug-likeness (QED) is 0.372. The first-order chi connectivity index (χ1) is 17.6. The van der Waals surface area contributed by atoms with Crippen molar-refractivity contribution in [3.63, 3.8) is 0 Å². The molecule has 0 radical (unpaired) electrons. The molecule has 0 spiro atoms. The molecule has 1 aliphatic heterocycles. The minimum atomic E-state index is -0.460. The van der Waals surface area contributed by atoms with Crippen LogP contribution in [0.1, 0.15) is 23.3 Å². The normalized spacial score (nSPS) is 15.6. The lowest BCUT2D eigenvalue weighted by Gasteiger charge is -2.25. The molecule has 0 saturated carbocycles. The van der Waals surface area contributed by atoms with E-state index < -0.39 is 11.6 Å². The molecule has 0 N–H and O–H groups in total. The molecule has 6 heterocycles. The molecule has 0 aromatic carbocycles. The van der Waals surface area contributed by atoms with Gasteiger partial charge in [-0.25, -0.2) is 13.8 Å². The number of amides is 1. The number of fused-ring (bicyclic) bond motifs is 1. The Balaban J connectivity index is 1.32. The molecule has 5 aromatic rings. The molecule has 1 atom stereocenters. The standard InChI is InChI=1S/C26H21F2N7O/c27-17-6-8-20(30-14-17)21-10-13-33(32-21)16-19-4-3-12-34(19)26(36)25-24(22-5-1-2-11-29-22)31-23-9-7-18(28)15-35(23)25/h1-2,5-11,13-15,19H,3-4,12,16H2/t19-/m0/s1. The molecule has 8 nitrogen and oxygen atoms in total. The number of carbonyl (C=O) groups excluding carboxylic acids is 1. The third kappa shape index (κ3) is 4.00. The minimum absolute atomic E-state index is 0.109. The highest BCUT2D eigenvalue weighted by atomic mass is 19.1. The minimum Gasteiger partial charge on any atom is -0.332 e. The number of aromatic nitrogens is 6. The van der Waals surface area contributed by atoms with Gasteiger partial charge in [-0.1, -0.05) is 6.07 Å². The van der Waals surface area contributed by atoms with Gasteiger partial charge in [0.25, 0.3) is 5.91 Å². The number of likely N-dealkylation sites (tertiary alicyclic amines) is 1. The fourth-order valence-corrected chi connectivity index (χ4v) is 4.68. The van der Waals surface area contributed by atoms with Crippen molar-refractivity contribution in [2.45, 2.75) is 25.4 Å². The smallest absolute Gasteiger partial charge is 0.273 e. The van der Waals surface area contributed by atoms with E-state index in [1.54, 1.807) is 40.0 Å². The van der Waals surface area contributed by atoms with Gasteiger partial charge < -0.3 is 4.90 Å². The van der Waals surface area contributed by atoms with Gasteiger partial charge in [-0.3, -0.25) is 23.8 Å². The van der Waals surface area contributed by atoms with E-state index in [-0.39, 0.29) is 17.6 Å². The van der Waals surface area contributed by atoms with Crippen LogP contribution in [0.3, 0.4) is 0 Å². The molecule has 6 rings (SSSR count). The number of hydrogen-bond donors (Lipinski definition) is 0. The van der Waals surface area contributed by atoms with Gasteiger partial charge in [0, 0.05) is 25.1 Å². The second kappa shape index (κ2) is 8.95. The average molecular weight is 485 g/mol. The summed E-state index contributed by atoms with van der Waals surface area (Å²) in [5.41, 5.74) is 2.92. The van der Waals surface area contributed by atoms with Crippen molar-refractivity contribution in [3.8, 4) is 22.8 Å². The van der Waals surface area contributed by atoms with Gasteiger partial charge in [0.05, 0.1) is 30.2 Å². The Morgan fingerprint density at radius 3 is 2.67 bits per heavy atom. The summed E-state index contributed by atoms with van der Waals surface area (Å²) in [5.74, 6) is -1.10. The van der Waals surface area contributed by atoms with Crippen LogP contribution in [0.2, 0.25) is 0 Å². The maximum atomic E-state index is 14.2. The molecule has 0 unspecified atom stereocenters. The van der Waals surface area contributed by atoms with Crippen molar-refractivity contribution < 1.29 is 13.6 Å². The van der Waals surface area contributed by atoms with E-state index >= 15 is 0 Å². The Labute approximate surface area is 204 Å². The van der Waals surface area contributed by atoms with E-state index in [2.05, 4.69) is 20.1 Å². The van der Waals surface area contributed by atoms with Crippen molar-refractivity contribution in [1.82, 2.24) is 34.0 Å². The van der Waals surface area contributed by atoms with E-state index in [0.717, 1.165) is 19.0 Å². The topological polar surface area (TPSA) is 81.2 Å². The third-order valence-electron chi connectivity index (χ3n) is 6.36. The second-order valence-corrected chi connectivity index (χ2v) is 8.68. The van der Waals surface area contributed by atoms with Crippen LogP contribution in [0.5, 0.6) is 0 Å². The fourth-order valence-electron chi connectivity index (χ4n) is 4.68. The van der Waals surface area contributed by atoms with E-state index in [0.29, 0.717) is 41.5 Å². The fraction of sp³-hybridized carbons (Fsp3) is 0.192. The van der Waals surface area contributed by atoms with Crippen molar-refractivity contribution >= 4 is 11.6 Å². The molecule has 10 heteroatoms. The van der Waals surface area contributed by atoms with Gasteiger partial charge in [0.2, 0.25) is 0 Å². The summed E-state index contributed by atoms with van der Waals surface area (Å²) in [6.07, 6.45) is 7.54. The Hall–Kier alpha value is -4.47. The zero-order chi connectivity index (χ0) is 24.6. The highest BCUT2D eigenvalue weighted by Crippen LogP contribution is 2.28. The summed E-state index contributed by atoms with van der Waals surface area (Å²) < 4.78 is 30.7. The van der Waals surface area contributed by atoms with Crippen LogP contribution in [0.25, 0.3) is 28.4 Å². The lowest BCUT2D eigenvalue weighted by Crippen LogP contribution is -2.39. The number of imidazole rings is 1. The molecule has 1 aliphatic rings. The van der Waals surface area contributed by atoms with Crippen LogP contribution < -0.4 is 0 Å². The molecular weight excluding hydrogens is 464 g/mol. The largest absolute Gasteiger partial charge is 0.332 e. The van der Waals surface area contributed by atoms with Crippen LogP contribution in [0.4, 0.5) is 8.78 Å². The number of pyridine rings is 3. The number of nitrogens with zero attached hydrogens (tertiary/aromatic N) is 7. The Morgan fingerprint density at radius 2 is 1.86 bits per heavy atom. The first kappa shape index (κ1) is 22.0. The van der Waals surface area contributed by atoms with Gasteiger partial charge in [0.1, 0.15) is 34.4 Å². The summed E-state index contributed by atoms with van der Waals surface area (Å²) in [4.78, 5) is 28.8. The predicted octanol–water partition coefficient (Wildman–Crippen LogP) is 4.24. The zero-order valence-corrected chi connectivity index (χ0v) is 19.1. The maximum absolute atomic E-state index is 14.2. The van der Waals surface area contributed by atoms with E-state index in [1.807, 2.05) is 18.3 Å². The molecule has 36 heavy (non-hydrogen) atoms. The summed E-state index contributed by atoms with van der Waals surface area (Å²) in [6.45, 7) is 1.05. The van der Waals surface area contributed by atoms with E-state index in [1.165, 1.54) is 22.7 Å². The molecule has 0 aliphatic carbocycles. The predicted molar refractivity (Wildman–Crippen MR) is 128 cm³/mol. The summed E-state index contributed by atoms with van der Waals surface area (Å²) in [5, 5.41) is 4.57. The molecule has 5 aromatic heterocycles. The van der Waals surface area contributed by atoms with Crippen molar-refractivity contribution in [1.29, 1.82) is 0 Å². The first-order valence-electron chi connectivity index (χ1n) is 11.6. The van der Waals surface area contributed by atoms with Gasteiger partial charge in [-0.15, -0.1) is 0 Å². The van der Waals surface area contributed by atoms with Crippen molar-refractivity contribution in [3.05, 3.63) is 90.6 Å². The van der Waals surface area contributed by atoms with Crippen molar-refractivity contribution in [2.24, 2.45) is 0 Å². The molecule has 0 bridgehead atoms. The van der Waals surface area contributed by atoms with Gasteiger partial charge in [-0.05, 0) is 55.3 Å². The number of halogens is 2. The highest BCUT2D eigenvalue weighted by molar-refractivity contribution is 5.99. The van der Waals surface area contributed by atoms with Crippen LogP contribution in [-0.4, -0.2) is 52.5 Å². The number of carbonyl (C=O) groups is 1. The van der Waals surface area contributed by atoms with Crippen molar-refractivity contribution in [2.75, 3.05) is 6.54 Å². The molecule has 1 amide bonds. The molecule has 180 valence electrons. The summed E-state index contributed by atoms with van der Waals surface area (Å²) in [6, 6.07) is 12.9. The van der Waals surface area contributed by atoms with Gasteiger partial charge >= 0.3 is 0 Å².